The third-order valence-corrected chi connectivity index (χ3v) is 3.94. The van der Waals surface area contributed by atoms with Crippen LogP contribution in [0.1, 0.15) is 16.7 Å². The van der Waals surface area contributed by atoms with Crippen LogP contribution in [0, 0.1) is 6.92 Å². The van der Waals surface area contributed by atoms with Crippen LogP contribution >= 0.6 is 23.7 Å². The molecule has 1 atom stereocenters. The summed E-state index contributed by atoms with van der Waals surface area (Å²) in [6.07, 6.45) is 0.558. The third-order valence-electron chi connectivity index (χ3n) is 2.94. The Hall–Kier alpha value is -0.580. The average Bonchev–Trinajstić information content (AvgIpc) is 2.64. The summed E-state index contributed by atoms with van der Waals surface area (Å²) < 4.78 is 0. The maximum absolute atomic E-state index is 12.1. The molecular formula is C12H19ClN2OS. The molecule has 0 unspecified atom stereocenters. The zero-order valence-electron chi connectivity index (χ0n) is 10.2. The van der Waals surface area contributed by atoms with Crippen molar-refractivity contribution in [2.24, 2.45) is 0 Å². The summed E-state index contributed by atoms with van der Waals surface area (Å²) in [7, 11) is 0. The Morgan fingerprint density at radius 1 is 1.59 bits per heavy atom. The Labute approximate surface area is 113 Å². The summed E-state index contributed by atoms with van der Waals surface area (Å²) in [6, 6.07) is 4.46. The molecule has 0 radical (unpaired) electrons. The first-order valence-corrected chi connectivity index (χ1v) is 6.54. The maximum atomic E-state index is 12.1. The van der Waals surface area contributed by atoms with Gasteiger partial charge in [-0.15, -0.1) is 23.7 Å². The highest BCUT2D eigenvalue weighted by atomic mass is 35.5. The van der Waals surface area contributed by atoms with Crippen LogP contribution in [0.25, 0.3) is 0 Å². The molecule has 1 saturated heterocycles. The number of rotatable bonds is 2. The highest BCUT2D eigenvalue weighted by molar-refractivity contribution is 7.12. The molecule has 5 heteroatoms. The molecule has 2 heterocycles. The summed E-state index contributed by atoms with van der Waals surface area (Å²) in [5.41, 5.74) is 0. The van der Waals surface area contributed by atoms with Gasteiger partial charge in [0.2, 0.25) is 5.91 Å². The lowest BCUT2D eigenvalue weighted by Gasteiger charge is -2.34. The molecule has 1 aromatic rings. The third kappa shape index (κ3) is 3.69. The van der Waals surface area contributed by atoms with E-state index in [4.69, 9.17) is 0 Å². The monoisotopic (exact) mass is 274 g/mol. The number of amides is 1. The molecule has 0 spiro atoms. The zero-order chi connectivity index (χ0) is 11.5. The fourth-order valence-electron chi connectivity index (χ4n) is 2.04. The van der Waals surface area contributed by atoms with E-state index in [2.05, 4.69) is 31.3 Å². The fourth-order valence-corrected chi connectivity index (χ4v) is 2.92. The van der Waals surface area contributed by atoms with Gasteiger partial charge in [0.1, 0.15) is 0 Å². The molecular weight excluding hydrogens is 256 g/mol. The molecule has 1 amide bonds. The number of nitrogens with zero attached hydrogens (tertiary/aromatic N) is 1. The minimum atomic E-state index is 0. The molecule has 0 aliphatic carbocycles. The van der Waals surface area contributed by atoms with Gasteiger partial charge in [-0.05, 0) is 26.0 Å². The lowest BCUT2D eigenvalue weighted by Crippen LogP contribution is -2.52. The van der Waals surface area contributed by atoms with Gasteiger partial charge in [0.15, 0.2) is 0 Å². The van der Waals surface area contributed by atoms with Crippen LogP contribution in [0.3, 0.4) is 0 Å². The van der Waals surface area contributed by atoms with Gasteiger partial charge in [-0.25, -0.2) is 0 Å². The number of aryl methyl sites for hydroxylation is 1. The van der Waals surface area contributed by atoms with Crippen molar-refractivity contribution >= 4 is 29.7 Å². The Bertz CT molecular complexity index is 380. The standard InChI is InChI=1S/C12H18N2OS.ClH/c1-9-8-13-5-6-14(9)12(15)7-11-4-3-10(2)16-11;/h3-4,9,13H,5-8H2,1-2H3;1H/t9-;/m1./s1. The van der Waals surface area contributed by atoms with E-state index < -0.39 is 0 Å². The summed E-state index contributed by atoms with van der Waals surface area (Å²) >= 11 is 1.72. The van der Waals surface area contributed by atoms with E-state index in [9.17, 15) is 4.79 Å². The predicted molar refractivity (Wildman–Crippen MR) is 74.1 cm³/mol. The van der Waals surface area contributed by atoms with Crippen LogP contribution in [0.2, 0.25) is 0 Å². The first-order chi connectivity index (χ1) is 7.66. The highest BCUT2D eigenvalue weighted by Crippen LogP contribution is 2.17. The molecule has 1 aromatic heterocycles. The van der Waals surface area contributed by atoms with E-state index >= 15 is 0 Å². The second kappa shape index (κ2) is 6.38. The molecule has 96 valence electrons. The molecule has 0 aromatic carbocycles. The fraction of sp³-hybridized carbons (Fsp3) is 0.583. The van der Waals surface area contributed by atoms with Crippen molar-refractivity contribution in [3.63, 3.8) is 0 Å². The van der Waals surface area contributed by atoms with Gasteiger partial charge in [0.05, 0.1) is 6.42 Å². The largest absolute Gasteiger partial charge is 0.337 e. The first kappa shape index (κ1) is 14.5. The van der Waals surface area contributed by atoms with Crippen molar-refractivity contribution in [1.29, 1.82) is 0 Å². The van der Waals surface area contributed by atoms with Crippen molar-refractivity contribution in [3.05, 3.63) is 21.9 Å². The zero-order valence-corrected chi connectivity index (χ0v) is 11.9. The first-order valence-electron chi connectivity index (χ1n) is 5.72. The molecule has 1 aliphatic rings. The molecule has 3 nitrogen and oxygen atoms in total. The number of thiophene rings is 1. The van der Waals surface area contributed by atoms with Gasteiger partial charge >= 0.3 is 0 Å². The maximum Gasteiger partial charge on any atom is 0.228 e. The van der Waals surface area contributed by atoms with Gasteiger partial charge in [0, 0.05) is 35.4 Å². The predicted octanol–water partition coefficient (Wildman–Crippen LogP) is 1.84. The Kier molecular flexibility index (Phi) is 5.43. The summed E-state index contributed by atoms with van der Waals surface area (Å²) in [6.45, 7) is 6.84. The molecule has 1 aliphatic heterocycles. The van der Waals surface area contributed by atoms with Crippen LogP contribution in [0.5, 0.6) is 0 Å². The summed E-state index contributed by atoms with van der Waals surface area (Å²) in [4.78, 5) is 16.5. The SMILES string of the molecule is Cc1ccc(CC(=O)N2CCNC[C@H]2C)s1.Cl. The Morgan fingerprint density at radius 3 is 2.94 bits per heavy atom. The molecule has 1 fully saturated rings. The van der Waals surface area contributed by atoms with Crippen LogP contribution in [-0.2, 0) is 11.2 Å². The minimum absolute atomic E-state index is 0. The topological polar surface area (TPSA) is 32.3 Å². The lowest BCUT2D eigenvalue weighted by atomic mass is 10.2. The van der Waals surface area contributed by atoms with E-state index in [1.165, 1.54) is 9.75 Å². The normalized spacial score (nSPS) is 19.9. The van der Waals surface area contributed by atoms with Gasteiger partial charge in [-0.3, -0.25) is 4.79 Å². The molecule has 17 heavy (non-hydrogen) atoms. The van der Waals surface area contributed by atoms with E-state index in [-0.39, 0.29) is 18.3 Å². The van der Waals surface area contributed by atoms with E-state index in [0.717, 1.165) is 19.6 Å². The van der Waals surface area contributed by atoms with Gasteiger partial charge in [0.25, 0.3) is 0 Å². The quantitative estimate of drug-likeness (QED) is 0.893. The molecule has 1 N–H and O–H groups in total. The van der Waals surface area contributed by atoms with Crippen molar-refractivity contribution in [1.82, 2.24) is 10.2 Å². The van der Waals surface area contributed by atoms with Gasteiger partial charge in [-0.1, -0.05) is 0 Å². The number of piperazine rings is 1. The van der Waals surface area contributed by atoms with Crippen LogP contribution in [-0.4, -0.2) is 36.5 Å². The molecule has 2 rings (SSSR count). The minimum Gasteiger partial charge on any atom is -0.337 e. The van der Waals surface area contributed by atoms with Crippen molar-refractivity contribution in [2.45, 2.75) is 26.3 Å². The average molecular weight is 275 g/mol. The van der Waals surface area contributed by atoms with Crippen LogP contribution in [0.4, 0.5) is 0 Å². The second-order valence-corrected chi connectivity index (χ2v) is 5.70. The molecule has 0 bridgehead atoms. The van der Waals surface area contributed by atoms with Crippen molar-refractivity contribution < 1.29 is 4.79 Å². The second-order valence-electron chi connectivity index (χ2n) is 4.33. The van der Waals surface area contributed by atoms with E-state index in [1.807, 2.05) is 4.90 Å². The Balaban J connectivity index is 0.00000144. The number of hydrogen-bond acceptors (Lipinski definition) is 3. The number of nitrogens with one attached hydrogen (secondary N) is 1. The van der Waals surface area contributed by atoms with Gasteiger partial charge in [-0.2, -0.15) is 0 Å². The number of carbonyl (C=O) groups is 1. The van der Waals surface area contributed by atoms with Gasteiger partial charge < -0.3 is 10.2 Å². The van der Waals surface area contributed by atoms with Crippen molar-refractivity contribution in [3.8, 4) is 0 Å². The number of hydrogen-bond donors (Lipinski definition) is 1. The smallest absolute Gasteiger partial charge is 0.228 e. The van der Waals surface area contributed by atoms with E-state index in [0.29, 0.717) is 12.5 Å². The Morgan fingerprint density at radius 2 is 2.35 bits per heavy atom. The highest BCUT2D eigenvalue weighted by Gasteiger charge is 2.22. The molecule has 0 saturated carbocycles. The number of carbonyl (C=O) groups excluding carboxylic acids is 1. The summed E-state index contributed by atoms with van der Waals surface area (Å²) in [5.74, 6) is 0.260. The van der Waals surface area contributed by atoms with Crippen LogP contribution < -0.4 is 5.32 Å². The lowest BCUT2D eigenvalue weighted by molar-refractivity contribution is -0.133. The van der Waals surface area contributed by atoms with Crippen molar-refractivity contribution in [2.75, 3.05) is 19.6 Å². The van der Waals surface area contributed by atoms with Crippen LogP contribution in [0.15, 0.2) is 12.1 Å². The summed E-state index contributed by atoms with van der Waals surface area (Å²) in [5, 5.41) is 3.30. The number of halogens is 1. The van der Waals surface area contributed by atoms with E-state index in [1.54, 1.807) is 11.3 Å².